The summed E-state index contributed by atoms with van der Waals surface area (Å²) in [5.74, 6) is 0.253. The number of nitrogens with zero attached hydrogens (tertiary/aromatic N) is 1. The number of carbonyl (C=O) groups excluding carboxylic acids is 1. The number of hydrogen-bond donors (Lipinski definition) is 1. The van der Waals surface area contributed by atoms with Gasteiger partial charge in [0.15, 0.2) is 6.61 Å². The van der Waals surface area contributed by atoms with Gasteiger partial charge in [-0.2, -0.15) is 0 Å². The Morgan fingerprint density at radius 1 is 1.04 bits per heavy atom. The number of rotatable bonds is 9. The van der Waals surface area contributed by atoms with E-state index in [9.17, 15) is 9.59 Å². The van der Waals surface area contributed by atoms with Gasteiger partial charge in [0.25, 0.3) is 0 Å². The zero-order valence-electron chi connectivity index (χ0n) is 15.9. The Hall–Kier alpha value is -3.02. The summed E-state index contributed by atoms with van der Waals surface area (Å²) in [6.07, 6.45) is 0.295. The van der Waals surface area contributed by atoms with Gasteiger partial charge in [-0.15, -0.1) is 0 Å². The molecule has 0 fully saturated rings. The highest BCUT2D eigenvalue weighted by atomic mass is 16.5. The van der Waals surface area contributed by atoms with Crippen molar-refractivity contribution in [1.29, 1.82) is 0 Å². The Labute approximate surface area is 159 Å². The Morgan fingerprint density at radius 2 is 1.74 bits per heavy atom. The average molecular weight is 371 g/mol. The van der Waals surface area contributed by atoms with E-state index < -0.39 is 5.97 Å². The number of aryl methyl sites for hydroxylation is 2. The number of carboxylic acid groups (broad SMARTS) is 1. The first kappa shape index (κ1) is 20.3. The molecule has 0 aliphatic heterocycles. The molecule has 0 aliphatic carbocycles. The van der Waals surface area contributed by atoms with Gasteiger partial charge in [0.1, 0.15) is 11.5 Å². The molecule has 2 aromatic rings. The van der Waals surface area contributed by atoms with Crippen LogP contribution >= 0.6 is 0 Å². The molecule has 0 spiro atoms. The minimum absolute atomic E-state index is 0.00836. The Kier molecular flexibility index (Phi) is 7.23. The molecular weight excluding hydrogens is 346 g/mol. The van der Waals surface area contributed by atoms with Crippen molar-refractivity contribution in [1.82, 2.24) is 4.90 Å². The van der Waals surface area contributed by atoms with E-state index >= 15 is 0 Å². The van der Waals surface area contributed by atoms with Gasteiger partial charge in [-0.1, -0.05) is 29.8 Å². The van der Waals surface area contributed by atoms with Crippen LogP contribution in [0.4, 0.5) is 0 Å². The molecule has 0 aromatic heterocycles. The van der Waals surface area contributed by atoms with Crippen LogP contribution in [0.25, 0.3) is 0 Å². The summed E-state index contributed by atoms with van der Waals surface area (Å²) in [5.41, 5.74) is 3.17. The summed E-state index contributed by atoms with van der Waals surface area (Å²) in [6, 6.07) is 13.0. The van der Waals surface area contributed by atoms with Crippen molar-refractivity contribution in [3.63, 3.8) is 0 Å². The standard InChI is InChI=1S/C21H25NO5/c1-15-4-9-19(16(2)12-15)26-11-10-20(23)22(3)13-17-5-7-18(8-6-17)27-14-21(24)25/h4-9,12H,10-11,13-14H2,1-3H3,(H,24,25). The van der Waals surface area contributed by atoms with Crippen LogP contribution in [0, 0.1) is 13.8 Å². The molecule has 6 nitrogen and oxygen atoms in total. The van der Waals surface area contributed by atoms with Gasteiger partial charge in [-0.25, -0.2) is 4.79 Å². The highest BCUT2D eigenvalue weighted by Gasteiger charge is 2.10. The van der Waals surface area contributed by atoms with Crippen molar-refractivity contribution in [2.45, 2.75) is 26.8 Å². The molecule has 27 heavy (non-hydrogen) atoms. The van der Waals surface area contributed by atoms with Crippen LogP contribution in [0.15, 0.2) is 42.5 Å². The van der Waals surface area contributed by atoms with Crippen LogP contribution in [-0.4, -0.2) is 42.1 Å². The molecular formula is C21H25NO5. The molecule has 1 amide bonds. The molecule has 0 bridgehead atoms. The highest BCUT2D eigenvalue weighted by Crippen LogP contribution is 2.19. The molecule has 144 valence electrons. The summed E-state index contributed by atoms with van der Waals surface area (Å²) in [5, 5.41) is 8.60. The molecule has 0 heterocycles. The normalized spacial score (nSPS) is 10.3. The van der Waals surface area contributed by atoms with E-state index in [0.717, 1.165) is 16.9 Å². The maximum atomic E-state index is 12.3. The predicted molar refractivity (Wildman–Crippen MR) is 102 cm³/mol. The topological polar surface area (TPSA) is 76.1 Å². The maximum absolute atomic E-state index is 12.3. The monoisotopic (exact) mass is 371 g/mol. The highest BCUT2D eigenvalue weighted by molar-refractivity contribution is 5.76. The third-order valence-electron chi connectivity index (χ3n) is 4.04. The number of benzene rings is 2. The van der Waals surface area contributed by atoms with Crippen molar-refractivity contribution in [3.8, 4) is 11.5 Å². The van der Waals surface area contributed by atoms with Gasteiger partial charge >= 0.3 is 5.97 Å². The lowest BCUT2D eigenvalue weighted by molar-refractivity contribution is -0.139. The molecule has 2 rings (SSSR count). The summed E-state index contributed by atoms with van der Waals surface area (Å²) >= 11 is 0. The van der Waals surface area contributed by atoms with Crippen molar-refractivity contribution < 1.29 is 24.2 Å². The number of ether oxygens (including phenoxy) is 2. The van der Waals surface area contributed by atoms with Crippen molar-refractivity contribution in [3.05, 3.63) is 59.2 Å². The second kappa shape index (κ2) is 9.62. The van der Waals surface area contributed by atoms with E-state index in [1.54, 1.807) is 24.1 Å². The summed E-state index contributed by atoms with van der Waals surface area (Å²) < 4.78 is 10.8. The van der Waals surface area contributed by atoms with Crippen LogP contribution in [0.2, 0.25) is 0 Å². The lowest BCUT2D eigenvalue weighted by Gasteiger charge is -2.18. The second-order valence-corrected chi connectivity index (χ2v) is 6.44. The van der Waals surface area contributed by atoms with E-state index in [1.807, 2.05) is 44.2 Å². The molecule has 1 N–H and O–H groups in total. The van der Waals surface area contributed by atoms with E-state index in [1.165, 1.54) is 5.56 Å². The average Bonchev–Trinajstić information content (AvgIpc) is 2.62. The summed E-state index contributed by atoms with van der Waals surface area (Å²) in [7, 11) is 1.74. The molecule has 6 heteroatoms. The van der Waals surface area contributed by atoms with Gasteiger partial charge in [0.05, 0.1) is 13.0 Å². The molecule has 0 atom stereocenters. The second-order valence-electron chi connectivity index (χ2n) is 6.44. The summed E-state index contributed by atoms with van der Waals surface area (Å²) in [6.45, 7) is 4.43. The van der Waals surface area contributed by atoms with Gasteiger partial charge in [-0.3, -0.25) is 4.79 Å². The Morgan fingerprint density at radius 3 is 2.37 bits per heavy atom. The number of amides is 1. The summed E-state index contributed by atoms with van der Waals surface area (Å²) in [4.78, 5) is 24.4. The zero-order valence-corrected chi connectivity index (χ0v) is 15.9. The van der Waals surface area contributed by atoms with Gasteiger partial charge in [-0.05, 0) is 43.2 Å². The number of carbonyl (C=O) groups is 2. The van der Waals surface area contributed by atoms with Gasteiger partial charge in [0.2, 0.25) is 5.91 Å². The van der Waals surface area contributed by atoms with Gasteiger partial charge in [0, 0.05) is 13.6 Å². The first-order valence-electron chi connectivity index (χ1n) is 8.72. The van der Waals surface area contributed by atoms with Crippen LogP contribution in [0.1, 0.15) is 23.1 Å². The minimum atomic E-state index is -1.02. The third kappa shape index (κ3) is 6.66. The quantitative estimate of drug-likeness (QED) is 0.733. The molecule has 0 aliphatic rings. The molecule has 0 radical (unpaired) electrons. The number of carboxylic acids is 1. The molecule has 0 unspecified atom stereocenters. The van der Waals surface area contributed by atoms with Crippen molar-refractivity contribution in [2.75, 3.05) is 20.3 Å². The van der Waals surface area contributed by atoms with Crippen LogP contribution in [0.3, 0.4) is 0 Å². The first-order chi connectivity index (χ1) is 12.8. The zero-order chi connectivity index (χ0) is 19.8. The van der Waals surface area contributed by atoms with E-state index in [0.29, 0.717) is 25.3 Å². The van der Waals surface area contributed by atoms with Crippen LogP contribution in [-0.2, 0) is 16.1 Å². The number of hydrogen-bond acceptors (Lipinski definition) is 4. The molecule has 0 saturated heterocycles. The maximum Gasteiger partial charge on any atom is 0.341 e. The fourth-order valence-corrected chi connectivity index (χ4v) is 2.60. The minimum Gasteiger partial charge on any atom is -0.493 e. The molecule has 0 saturated carbocycles. The SMILES string of the molecule is Cc1ccc(OCCC(=O)N(C)Cc2ccc(OCC(=O)O)cc2)c(C)c1. The van der Waals surface area contributed by atoms with E-state index in [4.69, 9.17) is 14.6 Å². The van der Waals surface area contributed by atoms with Crippen molar-refractivity contribution >= 4 is 11.9 Å². The first-order valence-corrected chi connectivity index (χ1v) is 8.72. The van der Waals surface area contributed by atoms with Crippen LogP contribution in [0.5, 0.6) is 11.5 Å². The smallest absolute Gasteiger partial charge is 0.341 e. The Balaban J connectivity index is 1.78. The van der Waals surface area contributed by atoms with E-state index in [2.05, 4.69) is 0 Å². The van der Waals surface area contributed by atoms with Crippen molar-refractivity contribution in [2.24, 2.45) is 0 Å². The fraction of sp³-hybridized carbons (Fsp3) is 0.333. The fourth-order valence-electron chi connectivity index (χ4n) is 2.60. The number of aliphatic carboxylic acids is 1. The third-order valence-corrected chi connectivity index (χ3v) is 4.04. The molecule has 2 aromatic carbocycles. The lowest BCUT2D eigenvalue weighted by atomic mass is 10.1. The van der Waals surface area contributed by atoms with Crippen LogP contribution < -0.4 is 9.47 Å². The lowest BCUT2D eigenvalue weighted by Crippen LogP contribution is -2.27. The predicted octanol–water partition coefficient (Wildman–Crippen LogP) is 3.19. The van der Waals surface area contributed by atoms with Gasteiger partial charge < -0.3 is 19.5 Å². The largest absolute Gasteiger partial charge is 0.493 e. The Bertz CT molecular complexity index is 786. The van der Waals surface area contributed by atoms with E-state index in [-0.39, 0.29) is 12.5 Å².